The van der Waals surface area contributed by atoms with Crippen LogP contribution in [0.5, 0.6) is 0 Å². The molecule has 0 aliphatic carbocycles. The number of hydrogen-bond donors (Lipinski definition) is 1. The summed E-state index contributed by atoms with van der Waals surface area (Å²) in [4.78, 5) is 19.1. The summed E-state index contributed by atoms with van der Waals surface area (Å²) in [5, 5.41) is 3.09. The highest BCUT2D eigenvalue weighted by atomic mass is 16.5. The van der Waals surface area contributed by atoms with Gasteiger partial charge in [-0.3, -0.25) is 0 Å². The van der Waals surface area contributed by atoms with E-state index in [1.54, 1.807) is 0 Å². The zero-order valence-electron chi connectivity index (χ0n) is 14.4. The number of urea groups is 1. The van der Waals surface area contributed by atoms with Gasteiger partial charge in [-0.15, -0.1) is 0 Å². The van der Waals surface area contributed by atoms with Crippen LogP contribution in [0.3, 0.4) is 0 Å². The van der Waals surface area contributed by atoms with Crippen molar-refractivity contribution < 1.29 is 9.53 Å². The molecular formula is C16H32N4O2. The molecule has 6 heteroatoms. The molecule has 2 aliphatic rings. The van der Waals surface area contributed by atoms with Crippen molar-refractivity contribution in [2.45, 2.75) is 26.8 Å². The average Bonchev–Trinajstić information content (AvgIpc) is 2.54. The Morgan fingerprint density at radius 2 is 1.91 bits per heavy atom. The van der Waals surface area contributed by atoms with E-state index in [2.05, 4.69) is 29.0 Å². The molecule has 0 aromatic carbocycles. The van der Waals surface area contributed by atoms with Crippen LogP contribution < -0.4 is 5.32 Å². The minimum absolute atomic E-state index is 0.0541. The second kappa shape index (κ2) is 8.70. The Hall–Kier alpha value is -0.850. The monoisotopic (exact) mass is 312 g/mol. The Bertz CT molecular complexity index is 345. The van der Waals surface area contributed by atoms with E-state index in [9.17, 15) is 4.79 Å². The Labute approximate surface area is 134 Å². The minimum atomic E-state index is 0.0541. The maximum Gasteiger partial charge on any atom is 0.317 e. The molecule has 0 radical (unpaired) electrons. The standard InChI is InChI=1S/C16H32N4O2/c1-4-18-5-7-19(8-6-18)12-14(2)11-17-16(21)20-9-10-22-13-15(20)3/h14-15H,4-13H2,1-3H3,(H,17,21)/t14-,15-/m0/s1. The van der Waals surface area contributed by atoms with Crippen molar-refractivity contribution in [3.63, 3.8) is 0 Å². The Kier molecular flexibility index (Phi) is 6.92. The van der Waals surface area contributed by atoms with Crippen molar-refractivity contribution in [2.75, 3.05) is 65.6 Å². The summed E-state index contributed by atoms with van der Waals surface area (Å²) in [6.45, 7) is 16.1. The fraction of sp³-hybridized carbons (Fsp3) is 0.938. The number of morpholine rings is 1. The molecule has 2 heterocycles. The third-order valence-electron chi connectivity index (χ3n) is 4.71. The number of rotatable bonds is 5. The summed E-state index contributed by atoms with van der Waals surface area (Å²) in [5.74, 6) is 0.480. The number of piperazine rings is 1. The van der Waals surface area contributed by atoms with Gasteiger partial charge in [0.2, 0.25) is 0 Å². The van der Waals surface area contributed by atoms with Gasteiger partial charge in [0.25, 0.3) is 0 Å². The van der Waals surface area contributed by atoms with E-state index in [0.29, 0.717) is 25.7 Å². The second-order valence-corrected chi connectivity index (χ2v) is 6.64. The number of nitrogens with one attached hydrogen (secondary N) is 1. The van der Waals surface area contributed by atoms with Gasteiger partial charge < -0.3 is 24.8 Å². The molecule has 0 saturated carbocycles. The average molecular weight is 312 g/mol. The molecule has 0 aromatic heterocycles. The maximum atomic E-state index is 12.2. The highest BCUT2D eigenvalue weighted by Crippen LogP contribution is 2.08. The first kappa shape index (κ1) is 17.5. The van der Waals surface area contributed by atoms with Gasteiger partial charge in [-0.05, 0) is 19.4 Å². The van der Waals surface area contributed by atoms with Gasteiger partial charge in [0.15, 0.2) is 0 Å². The second-order valence-electron chi connectivity index (χ2n) is 6.64. The molecule has 2 aliphatic heterocycles. The molecule has 2 atom stereocenters. The molecule has 0 bridgehead atoms. The molecule has 0 spiro atoms. The zero-order valence-corrected chi connectivity index (χ0v) is 14.4. The summed E-state index contributed by atoms with van der Waals surface area (Å²) >= 11 is 0. The predicted molar refractivity (Wildman–Crippen MR) is 88.1 cm³/mol. The van der Waals surface area contributed by atoms with Gasteiger partial charge in [-0.1, -0.05) is 13.8 Å². The normalized spacial score (nSPS) is 26.0. The van der Waals surface area contributed by atoms with E-state index in [1.807, 2.05) is 11.8 Å². The van der Waals surface area contributed by atoms with Crippen LogP contribution >= 0.6 is 0 Å². The quantitative estimate of drug-likeness (QED) is 0.811. The van der Waals surface area contributed by atoms with Crippen LogP contribution in [0, 0.1) is 5.92 Å². The molecule has 2 saturated heterocycles. The summed E-state index contributed by atoms with van der Waals surface area (Å²) in [5.41, 5.74) is 0. The van der Waals surface area contributed by atoms with Crippen LogP contribution in [-0.4, -0.2) is 92.3 Å². The molecular weight excluding hydrogens is 280 g/mol. The topological polar surface area (TPSA) is 48.0 Å². The third kappa shape index (κ3) is 5.11. The summed E-state index contributed by atoms with van der Waals surface area (Å²) in [6, 6.07) is 0.227. The summed E-state index contributed by atoms with van der Waals surface area (Å²) in [6.07, 6.45) is 0. The van der Waals surface area contributed by atoms with Crippen LogP contribution in [0.4, 0.5) is 4.79 Å². The van der Waals surface area contributed by atoms with E-state index in [0.717, 1.165) is 32.7 Å². The lowest BCUT2D eigenvalue weighted by Gasteiger charge is -2.36. The fourth-order valence-corrected chi connectivity index (χ4v) is 3.19. The van der Waals surface area contributed by atoms with Crippen molar-refractivity contribution in [3.8, 4) is 0 Å². The van der Waals surface area contributed by atoms with Gasteiger partial charge >= 0.3 is 6.03 Å². The van der Waals surface area contributed by atoms with Crippen LogP contribution in [0.2, 0.25) is 0 Å². The first-order valence-corrected chi connectivity index (χ1v) is 8.67. The molecule has 2 amide bonds. The molecule has 128 valence electrons. The van der Waals surface area contributed by atoms with Gasteiger partial charge in [0.1, 0.15) is 0 Å². The van der Waals surface area contributed by atoms with Gasteiger partial charge in [-0.25, -0.2) is 4.79 Å². The summed E-state index contributed by atoms with van der Waals surface area (Å²) in [7, 11) is 0. The number of carbonyl (C=O) groups excluding carboxylic acids is 1. The van der Waals surface area contributed by atoms with Crippen molar-refractivity contribution in [1.29, 1.82) is 0 Å². The third-order valence-corrected chi connectivity index (χ3v) is 4.71. The predicted octanol–water partition coefficient (Wildman–Crippen LogP) is 0.690. The molecule has 0 aromatic rings. The lowest BCUT2D eigenvalue weighted by Crippen LogP contribution is -2.52. The van der Waals surface area contributed by atoms with Crippen molar-refractivity contribution >= 4 is 6.03 Å². The lowest BCUT2D eigenvalue weighted by molar-refractivity contribution is 0.0188. The lowest BCUT2D eigenvalue weighted by atomic mass is 10.1. The SMILES string of the molecule is CCN1CCN(C[C@@H](C)CNC(=O)N2CCOC[C@@H]2C)CC1. The smallest absolute Gasteiger partial charge is 0.317 e. The zero-order chi connectivity index (χ0) is 15.9. The van der Waals surface area contributed by atoms with Crippen LogP contribution in [0.1, 0.15) is 20.8 Å². The molecule has 6 nitrogen and oxygen atoms in total. The van der Waals surface area contributed by atoms with Crippen LogP contribution in [0.25, 0.3) is 0 Å². The number of hydrogen-bond acceptors (Lipinski definition) is 4. The molecule has 22 heavy (non-hydrogen) atoms. The highest BCUT2D eigenvalue weighted by molar-refractivity contribution is 5.74. The molecule has 2 fully saturated rings. The number of nitrogens with zero attached hydrogens (tertiary/aromatic N) is 3. The Balaban J connectivity index is 1.65. The van der Waals surface area contributed by atoms with Crippen LogP contribution in [-0.2, 0) is 4.74 Å². The number of carbonyl (C=O) groups is 1. The number of ether oxygens (including phenoxy) is 1. The van der Waals surface area contributed by atoms with Crippen LogP contribution in [0.15, 0.2) is 0 Å². The highest BCUT2D eigenvalue weighted by Gasteiger charge is 2.24. The van der Waals surface area contributed by atoms with E-state index >= 15 is 0 Å². The first-order chi connectivity index (χ1) is 10.6. The van der Waals surface area contributed by atoms with Crippen molar-refractivity contribution in [3.05, 3.63) is 0 Å². The Morgan fingerprint density at radius 3 is 2.55 bits per heavy atom. The number of likely N-dealkylation sites (N-methyl/N-ethyl adjacent to an activating group) is 1. The largest absolute Gasteiger partial charge is 0.377 e. The van der Waals surface area contributed by atoms with Crippen molar-refractivity contribution in [2.24, 2.45) is 5.92 Å². The number of amides is 2. The van der Waals surface area contributed by atoms with Gasteiger partial charge in [0, 0.05) is 45.8 Å². The first-order valence-electron chi connectivity index (χ1n) is 8.67. The van der Waals surface area contributed by atoms with Crippen molar-refractivity contribution in [1.82, 2.24) is 20.0 Å². The van der Waals surface area contributed by atoms with E-state index < -0.39 is 0 Å². The van der Waals surface area contributed by atoms with E-state index in [-0.39, 0.29) is 12.1 Å². The van der Waals surface area contributed by atoms with E-state index in [4.69, 9.17) is 4.74 Å². The Morgan fingerprint density at radius 1 is 1.23 bits per heavy atom. The molecule has 2 rings (SSSR count). The molecule has 0 unspecified atom stereocenters. The molecule has 1 N–H and O–H groups in total. The van der Waals surface area contributed by atoms with Gasteiger partial charge in [-0.2, -0.15) is 0 Å². The maximum absolute atomic E-state index is 12.2. The minimum Gasteiger partial charge on any atom is -0.377 e. The fourth-order valence-electron chi connectivity index (χ4n) is 3.19. The van der Waals surface area contributed by atoms with Gasteiger partial charge in [0.05, 0.1) is 19.3 Å². The summed E-state index contributed by atoms with van der Waals surface area (Å²) < 4.78 is 5.37. The van der Waals surface area contributed by atoms with E-state index in [1.165, 1.54) is 13.1 Å².